The SMILES string of the molecule is CC#CCC(NCCC)c1ccc2c(c1)CCO2. The molecule has 1 heterocycles. The van der Waals surface area contributed by atoms with E-state index in [0.717, 1.165) is 38.2 Å². The van der Waals surface area contributed by atoms with Gasteiger partial charge in [0.15, 0.2) is 0 Å². The number of rotatable bonds is 5. The fourth-order valence-electron chi connectivity index (χ4n) is 2.25. The maximum Gasteiger partial charge on any atom is 0.122 e. The van der Waals surface area contributed by atoms with Crippen LogP contribution in [0.3, 0.4) is 0 Å². The van der Waals surface area contributed by atoms with Gasteiger partial charge in [-0.1, -0.05) is 19.1 Å². The van der Waals surface area contributed by atoms with Crippen LogP contribution >= 0.6 is 0 Å². The van der Waals surface area contributed by atoms with Gasteiger partial charge < -0.3 is 10.1 Å². The van der Waals surface area contributed by atoms with E-state index in [1.807, 2.05) is 6.92 Å². The van der Waals surface area contributed by atoms with Gasteiger partial charge in [-0.15, -0.1) is 11.8 Å². The van der Waals surface area contributed by atoms with Crippen molar-refractivity contribution in [2.75, 3.05) is 13.2 Å². The molecule has 1 aliphatic heterocycles. The molecule has 2 heteroatoms. The molecule has 0 radical (unpaired) electrons. The van der Waals surface area contributed by atoms with Crippen molar-refractivity contribution < 1.29 is 4.74 Å². The number of hydrogen-bond donors (Lipinski definition) is 1. The summed E-state index contributed by atoms with van der Waals surface area (Å²) in [5.41, 5.74) is 2.66. The number of benzene rings is 1. The Kier molecular flexibility index (Phi) is 4.66. The van der Waals surface area contributed by atoms with Crippen LogP contribution in [0.4, 0.5) is 0 Å². The fourth-order valence-corrected chi connectivity index (χ4v) is 2.25. The van der Waals surface area contributed by atoms with Crippen molar-refractivity contribution in [1.82, 2.24) is 5.32 Å². The van der Waals surface area contributed by atoms with Gasteiger partial charge in [0.1, 0.15) is 5.75 Å². The van der Waals surface area contributed by atoms with Crippen LogP contribution in [0, 0.1) is 11.8 Å². The van der Waals surface area contributed by atoms with Crippen molar-refractivity contribution in [3.05, 3.63) is 29.3 Å². The normalized spacial score (nSPS) is 14.3. The zero-order chi connectivity index (χ0) is 12.8. The zero-order valence-electron chi connectivity index (χ0n) is 11.3. The predicted octanol–water partition coefficient (Wildman–Crippen LogP) is 3.08. The number of fused-ring (bicyclic) bond motifs is 1. The van der Waals surface area contributed by atoms with Crippen LogP contribution in [0.15, 0.2) is 18.2 Å². The average Bonchev–Trinajstić information content (AvgIpc) is 2.86. The fraction of sp³-hybridized carbons (Fsp3) is 0.500. The van der Waals surface area contributed by atoms with E-state index in [2.05, 4.69) is 42.3 Å². The van der Waals surface area contributed by atoms with E-state index in [0.29, 0.717) is 6.04 Å². The molecule has 2 nitrogen and oxygen atoms in total. The second-order valence-corrected chi connectivity index (χ2v) is 4.60. The minimum atomic E-state index is 0.336. The number of ether oxygens (including phenoxy) is 1. The standard InChI is InChI=1S/C16H21NO/c1-3-5-6-15(17-10-4-2)13-7-8-16-14(12-13)9-11-18-16/h7-8,12,15,17H,4,6,9-11H2,1-2H3. The largest absolute Gasteiger partial charge is 0.493 e. The summed E-state index contributed by atoms with van der Waals surface area (Å²) in [5, 5.41) is 3.57. The Balaban J connectivity index is 2.14. The molecular weight excluding hydrogens is 222 g/mol. The highest BCUT2D eigenvalue weighted by atomic mass is 16.5. The molecule has 96 valence electrons. The molecule has 2 rings (SSSR count). The van der Waals surface area contributed by atoms with Crippen LogP contribution in [0.2, 0.25) is 0 Å². The molecule has 0 fully saturated rings. The van der Waals surface area contributed by atoms with Gasteiger partial charge in [0.2, 0.25) is 0 Å². The molecule has 1 aromatic carbocycles. The molecule has 0 amide bonds. The molecule has 0 bridgehead atoms. The molecule has 0 saturated heterocycles. The van der Waals surface area contributed by atoms with Gasteiger partial charge in [0, 0.05) is 18.9 Å². The lowest BCUT2D eigenvalue weighted by molar-refractivity contribution is 0.356. The molecular formula is C16H21NO. The third-order valence-electron chi connectivity index (χ3n) is 3.24. The maximum atomic E-state index is 5.55. The minimum absolute atomic E-state index is 0.336. The highest BCUT2D eigenvalue weighted by molar-refractivity contribution is 5.41. The van der Waals surface area contributed by atoms with E-state index in [1.54, 1.807) is 0 Å². The van der Waals surface area contributed by atoms with Crippen molar-refractivity contribution >= 4 is 0 Å². The van der Waals surface area contributed by atoms with Gasteiger partial charge in [-0.2, -0.15) is 0 Å². The van der Waals surface area contributed by atoms with Crippen molar-refractivity contribution in [2.45, 2.75) is 39.2 Å². The third-order valence-corrected chi connectivity index (χ3v) is 3.24. The second kappa shape index (κ2) is 6.47. The van der Waals surface area contributed by atoms with E-state index in [9.17, 15) is 0 Å². The summed E-state index contributed by atoms with van der Waals surface area (Å²) in [6, 6.07) is 6.86. The van der Waals surface area contributed by atoms with Crippen molar-refractivity contribution in [3.63, 3.8) is 0 Å². The van der Waals surface area contributed by atoms with E-state index in [1.165, 1.54) is 11.1 Å². The first kappa shape index (κ1) is 13.0. The summed E-state index contributed by atoms with van der Waals surface area (Å²) in [7, 11) is 0. The van der Waals surface area contributed by atoms with Gasteiger partial charge in [0.05, 0.1) is 6.61 Å². The maximum absolute atomic E-state index is 5.55. The van der Waals surface area contributed by atoms with E-state index < -0.39 is 0 Å². The Morgan fingerprint density at radius 1 is 1.44 bits per heavy atom. The second-order valence-electron chi connectivity index (χ2n) is 4.60. The topological polar surface area (TPSA) is 21.3 Å². The van der Waals surface area contributed by atoms with Crippen molar-refractivity contribution in [1.29, 1.82) is 0 Å². The first-order chi connectivity index (χ1) is 8.85. The highest BCUT2D eigenvalue weighted by Gasteiger charge is 2.15. The van der Waals surface area contributed by atoms with Crippen LogP contribution in [0.25, 0.3) is 0 Å². The van der Waals surface area contributed by atoms with Crippen LogP contribution in [0.1, 0.15) is 43.9 Å². The molecule has 0 aromatic heterocycles. The zero-order valence-corrected chi connectivity index (χ0v) is 11.3. The van der Waals surface area contributed by atoms with E-state index >= 15 is 0 Å². The number of hydrogen-bond acceptors (Lipinski definition) is 2. The summed E-state index contributed by atoms with van der Waals surface area (Å²) < 4.78 is 5.55. The van der Waals surface area contributed by atoms with Gasteiger partial charge in [-0.3, -0.25) is 0 Å². The predicted molar refractivity (Wildman–Crippen MR) is 74.7 cm³/mol. The Bertz CT molecular complexity index is 456. The summed E-state index contributed by atoms with van der Waals surface area (Å²) in [5.74, 6) is 7.21. The van der Waals surface area contributed by atoms with Gasteiger partial charge in [-0.05, 0) is 37.1 Å². The minimum Gasteiger partial charge on any atom is -0.493 e. The van der Waals surface area contributed by atoms with Gasteiger partial charge >= 0.3 is 0 Å². The van der Waals surface area contributed by atoms with E-state index in [4.69, 9.17) is 4.74 Å². The highest BCUT2D eigenvalue weighted by Crippen LogP contribution is 2.29. The lowest BCUT2D eigenvalue weighted by Gasteiger charge is -2.17. The Labute approximate surface area is 110 Å². The van der Waals surface area contributed by atoms with Crippen LogP contribution < -0.4 is 10.1 Å². The average molecular weight is 243 g/mol. The molecule has 0 spiro atoms. The first-order valence-corrected chi connectivity index (χ1v) is 6.73. The van der Waals surface area contributed by atoms with Gasteiger partial charge in [0.25, 0.3) is 0 Å². The lowest BCUT2D eigenvalue weighted by Crippen LogP contribution is -2.21. The monoisotopic (exact) mass is 243 g/mol. The summed E-state index contributed by atoms with van der Waals surface area (Å²) in [4.78, 5) is 0. The molecule has 1 atom stereocenters. The quantitative estimate of drug-likeness (QED) is 0.802. The molecule has 18 heavy (non-hydrogen) atoms. The summed E-state index contributed by atoms with van der Waals surface area (Å²) in [6.07, 6.45) is 3.05. The third kappa shape index (κ3) is 3.05. The smallest absolute Gasteiger partial charge is 0.122 e. The van der Waals surface area contributed by atoms with Crippen molar-refractivity contribution in [3.8, 4) is 17.6 Å². The van der Waals surface area contributed by atoms with Gasteiger partial charge in [-0.25, -0.2) is 0 Å². The molecule has 1 N–H and O–H groups in total. The molecule has 1 aromatic rings. The summed E-state index contributed by atoms with van der Waals surface area (Å²) in [6.45, 7) is 5.93. The van der Waals surface area contributed by atoms with Crippen LogP contribution in [0.5, 0.6) is 5.75 Å². The Morgan fingerprint density at radius 2 is 2.33 bits per heavy atom. The molecule has 0 aliphatic carbocycles. The molecule has 1 unspecified atom stereocenters. The lowest BCUT2D eigenvalue weighted by atomic mass is 10.00. The van der Waals surface area contributed by atoms with Crippen LogP contribution in [-0.4, -0.2) is 13.2 Å². The van der Waals surface area contributed by atoms with Crippen LogP contribution in [-0.2, 0) is 6.42 Å². The Hall–Kier alpha value is -1.46. The molecule has 1 aliphatic rings. The Morgan fingerprint density at radius 3 is 3.11 bits per heavy atom. The van der Waals surface area contributed by atoms with E-state index in [-0.39, 0.29) is 0 Å². The summed E-state index contributed by atoms with van der Waals surface area (Å²) >= 11 is 0. The molecule has 0 saturated carbocycles. The number of nitrogens with one attached hydrogen (secondary N) is 1. The first-order valence-electron chi connectivity index (χ1n) is 6.73. The van der Waals surface area contributed by atoms with Crippen molar-refractivity contribution in [2.24, 2.45) is 0 Å².